The molecule has 1 saturated heterocycles. The van der Waals surface area contributed by atoms with Crippen molar-refractivity contribution >= 4 is 66.2 Å². The van der Waals surface area contributed by atoms with E-state index in [1.807, 2.05) is 4.90 Å². The highest BCUT2D eigenvalue weighted by atomic mass is 35.5. The first-order valence-corrected chi connectivity index (χ1v) is 16.4. The van der Waals surface area contributed by atoms with Crippen molar-refractivity contribution in [3.8, 4) is 0 Å². The Bertz CT molecular complexity index is 1620. The number of nitrogens with one attached hydrogen (secondary N) is 2. The third-order valence-electron chi connectivity index (χ3n) is 6.59. The van der Waals surface area contributed by atoms with Crippen LogP contribution in [0.3, 0.4) is 0 Å². The van der Waals surface area contributed by atoms with Crippen molar-refractivity contribution in [3.63, 3.8) is 0 Å². The zero-order valence-electron chi connectivity index (χ0n) is 22.0. The van der Waals surface area contributed by atoms with Gasteiger partial charge in [0.2, 0.25) is 10.0 Å². The van der Waals surface area contributed by atoms with E-state index in [1.165, 1.54) is 28.6 Å². The van der Waals surface area contributed by atoms with Crippen LogP contribution >= 0.6 is 23.2 Å². The molecule has 2 N–H and O–H groups in total. The third kappa shape index (κ3) is 6.39. The molecule has 0 spiro atoms. The van der Waals surface area contributed by atoms with Gasteiger partial charge in [-0.1, -0.05) is 49.2 Å². The zero-order valence-corrected chi connectivity index (χ0v) is 25.2. The lowest BCUT2D eigenvalue weighted by Crippen LogP contribution is -2.31. The maximum Gasteiger partial charge on any atom is 0.264 e. The lowest BCUT2D eigenvalue weighted by atomic mass is 10.2. The van der Waals surface area contributed by atoms with E-state index in [4.69, 9.17) is 23.2 Å². The average molecular weight is 626 g/mol. The van der Waals surface area contributed by atoms with Crippen LogP contribution in [0.5, 0.6) is 0 Å². The molecular weight excluding hydrogens is 595 g/mol. The van der Waals surface area contributed by atoms with Gasteiger partial charge >= 0.3 is 0 Å². The van der Waals surface area contributed by atoms with Gasteiger partial charge in [-0.25, -0.2) is 16.8 Å². The molecule has 4 rings (SSSR count). The van der Waals surface area contributed by atoms with Gasteiger partial charge in [-0.05, 0) is 61.4 Å². The standard InChI is InChI=1S/C27H30Cl2N4O5S2/c1-3-33(4-2)40(37,38)25-17-19(11-13-22(25)29)27(34)30-20-12-14-24(32-15-7-8-16-32)26(18-20)39(35,36)31-23-10-6-5-9-21(23)28/h5-6,9-14,17-18,31H,3-4,7-8,15-16H2,1-2H3,(H,30,34). The van der Waals surface area contributed by atoms with Crippen LogP contribution in [0, 0.1) is 0 Å². The van der Waals surface area contributed by atoms with Gasteiger partial charge in [-0.15, -0.1) is 0 Å². The largest absolute Gasteiger partial charge is 0.370 e. The Kier molecular flexibility index (Phi) is 9.31. The summed E-state index contributed by atoms with van der Waals surface area (Å²) in [5.41, 5.74) is 1.01. The Hall–Kier alpha value is -2.83. The Morgan fingerprint density at radius 1 is 0.875 bits per heavy atom. The van der Waals surface area contributed by atoms with Gasteiger partial charge in [0.25, 0.3) is 15.9 Å². The fourth-order valence-corrected chi connectivity index (χ4v) is 8.05. The first-order chi connectivity index (χ1) is 19.0. The number of carbonyl (C=O) groups is 1. The van der Waals surface area contributed by atoms with Crippen molar-refractivity contribution in [3.05, 3.63) is 76.3 Å². The van der Waals surface area contributed by atoms with Crippen LogP contribution in [0.1, 0.15) is 37.0 Å². The molecule has 214 valence electrons. The summed E-state index contributed by atoms with van der Waals surface area (Å²) in [6.07, 6.45) is 1.87. The Morgan fingerprint density at radius 2 is 1.55 bits per heavy atom. The van der Waals surface area contributed by atoms with Crippen LogP contribution in [0.2, 0.25) is 10.0 Å². The third-order valence-corrected chi connectivity index (χ3v) is 10.8. The van der Waals surface area contributed by atoms with E-state index in [0.717, 1.165) is 12.8 Å². The quantitative estimate of drug-likeness (QED) is 0.300. The SMILES string of the molecule is CCN(CC)S(=O)(=O)c1cc(C(=O)Nc2ccc(N3CCCC3)c(S(=O)(=O)Nc3ccccc3Cl)c2)ccc1Cl. The molecule has 13 heteroatoms. The number of amides is 1. The van der Waals surface area contributed by atoms with E-state index in [2.05, 4.69) is 10.0 Å². The number of halogens is 2. The molecule has 1 amide bonds. The molecule has 1 fully saturated rings. The Balaban J connectivity index is 1.69. The molecule has 0 unspecified atom stereocenters. The van der Waals surface area contributed by atoms with Crippen LogP contribution in [0.4, 0.5) is 17.1 Å². The van der Waals surface area contributed by atoms with E-state index < -0.39 is 26.0 Å². The zero-order chi connectivity index (χ0) is 29.1. The van der Waals surface area contributed by atoms with Crippen LogP contribution in [-0.4, -0.2) is 53.2 Å². The number of rotatable bonds is 10. The minimum absolute atomic E-state index is 0.00237. The fraction of sp³-hybridized carbons (Fsp3) is 0.296. The van der Waals surface area contributed by atoms with E-state index in [9.17, 15) is 21.6 Å². The number of benzene rings is 3. The molecule has 0 bridgehead atoms. The predicted octanol–water partition coefficient (Wildman–Crippen LogP) is 5.68. The monoisotopic (exact) mass is 624 g/mol. The summed E-state index contributed by atoms with van der Waals surface area (Å²) in [6, 6.07) is 15.1. The predicted molar refractivity (Wildman–Crippen MR) is 160 cm³/mol. The summed E-state index contributed by atoms with van der Waals surface area (Å²) in [5, 5.41) is 2.94. The molecule has 0 atom stereocenters. The summed E-state index contributed by atoms with van der Waals surface area (Å²) in [5.74, 6) is -0.621. The van der Waals surface area contributed by atoms with Crippen molar-refractivity contribution in [2.24, 2.45) is 0 Å². The highest BCUT2D eigenvalue weighted by Crippen LogP contribution is 2.34. The number of hydrogen-bond donors (Lipinski definition) is 2. The van der Waals surface area contributed by atoms with Crippen molar-refractivity contribution in [2.75, 3.05) is 41.1 Å². The van der Waals surface area contributed by atoms with Gasteiger partial charge < -0.3 is 10.2 Å². The average Bonchev–Trinajstić information content (AvgIpc) is 3.45. The van der Waals surface area contributed by atoms with Gasteiger partial charge in [0.1, 0.15) is 9.79 Å². The summed E-state index contributed by atoms with van der Waals surface area (Å²) in [4.78, 5) is 15.0. The van der Waals surface area contributed by atoms with Crippen molar-refractivity contribution in [1.29, 1.82) is 0 Å². The number of carbonyl (C=O) groups excluding carboxylic acids is 1. The summed E-state index contributed by atoms with van der Waals surface area (Å²) in [7, 11) is -8.02. The number of sulfonamides is 2. The molecule has 1 aliphatic heterocycles. The van der Waals surface area contributed by atoms with E-state index in [1.54, 1.807) is 50.2 Å². The van der Waals surface area contributed by atoms with E-state index in [-0.39, 0.29) is 49.9 Å². The van der Waals surface area contributed by atoms with Gasteiger partial charge in [0, 0.05) is 37.4 Å². The van der Waals surface area contributed by atoms with Crippen molar-refractivity contribution < 1.29 is 21.6 Å². The normalized spacial score (nSPS) is 14.0. The minimum atomic E-state index is -4.10. The van der Waals surface area contributed by atoms with Crippen LogP contribution in [0.25, 0.3) is 0 Å². The topological polar surface area (TPSA) is 116 Å². The number of hydrogen-bond acceptors (Lipinski definition) is 6. The smallest absolute Gasteiger partial charge is 0.264 e. The van der Waals surface area contributed by atoms with Gasteiger partial charge in [-0.2, -0.15) is 4.31 Å². The molecule has 0 aliphatic carbocycles. The lowest BCUT2D eigenvalue weighted by molar-refractivity contribution is 0.102. The first kappa shape index (κ1) is 30.1. The molecule has 0 radical (unpaired) electrons. The first-order valence-electron chi connectivity index (χ1n) is 12.7. The van der Waals surface area contributed by atoms with Crippen LogP contribution in [-0.2, 0) is 20.0 Å². The van der Waals surface area contributed by atoms with Gasteiger partial charge in [-0.3, -0.25) is 9.52 Å². The van der Waals surface area contributed by atoms with Gasteiger partial charge in [0.15, 0.2) is 0 Å². The van der Waals surface area contributed by atoms with E-state index >= 15 is 0 Å². The van der Waals surface area contributed by atoms with Crippen molar-refractivity contribution in [1.82, 2.24) is 4.31 Å². The second kappa shape index (κ2) is 12.4. The Labute approximate surface area is 245 Å². The highest BCUT2D eigenvalue weighted by Gasteiger charge is 2.27. The maximum atomic E-state index is 13.6. The van der Waals surface area contributed by atoms with Gasteiger partial charge in [0.05, 0.1) is 21.4 Å². The number of para-hydroxylation sites is 1. The molecule has 40 heavy (non-hydrogen) atoms. The number of anilines is 3. The minimum Gasteiger partial charge on any atom is -0.370 e. The molecule has 1 heterocycles. The van der Waals surface area contributed by atoms with Crippen LogP contribution in [0.15, 0.2) is 70.5 Å². The molecule has 0 saturated carbocycles. The second-order valence-electron chi connectivity index (χ2n) is 9.15. The maximum absolute atomic E-state index is 13.6. The Morgan fingerprint density at radius 3 is 2.20 bits per heavy atom. The molecule has 3 aromatic carbocycles. The molecular formula is C27H30Cl2N4O5S2. The molecule has 3 aromatic rings. The molecule has 0 aromatic heterocycles. The summed E-state index contributed by atoms with van der Waals surface area (Å²) in [6.45, 7) is 5.32. The fourth-order valence-electron chi connectivity index (χ4n) is 4.52. The van der Waals surface area contributed by atoms with E-state index in [0.29, 0.717) is 18.8 Å². The highest BCUT2D eigenvalue weighted by molar-refractivity contribution is 7.93. The molecule has 1 aliphatic rings. The lowest BCUT2D eigenvalue weighted by Gasteiger charge is -2.23. The molecule has 9 nitrogen and oxygen atoms in total. The summed E-state index contributed by atoms with van der Waals surface area (Å²) < 4.78 is 57.0. The van der Waals surface area contributed by atoms with Crippen LogP contribution < -0.4 is 14.9 Å². The van der Waals surface area contributed by atoms with Crippen molar-refractivity contribution in [2.45, 2.75) is 36.5 Å². The number of nitrogens with zero attached hydrogens (tertiary/aromatic N) is 2. The second-order valence-corrected chi connectivity index (χ2v) is 13.5. The summed E-state index contributed by atoms with van der Waals surface area (Å²) >= 11 is 12.4.